The predicted molar refractivity (Wildman–Crippen MR) is 78.6 cm³/mol. The van der Waals surface area contributed by atoms with E-state index in [1.807, 2.05) is 18.3 Å². The van der Waals surface area contributed by atoms with Gasteiger partial charge in [0.15, 0.2) is 0 Å². The average Bonchev–Trinajstić information content (AvgIpc) is 2.49. The Bertz CT molecular complexity index is 577. The molecule has 0 atom stereocenters. The van der Waals surface area contributed by atoms with Crippen molar-refractivity contribution in [3.8, 4) is 17.0 Å². The quantitative estimate of drug-likeness (QED) is 0.870. The van der Waals surface area contributed by atoms with Crippen molar-refractivity contribution in [2.75, 3.05) is 18.0 Å². The molecule has 0 bridgehead atoms. The zero-order valence-corrected chi connectivity index (χ0v) is 11.2. The Hall–Kier alpha value is -2.14. The zero-order chi connectivity index (χ0) is 13.9. The van der Waals surface area contributed by atoms with Gasteiger partial charge in [-0.15, -0.1) is 0 Å². The van der Waals surface area contributed by atoms with Crippen molar-refractivity contribution in [3.63, 3.8) is 0 Å². The number of nitrogens with two attached hydrogens (primary N) is 1. The van der Waals surface area contributed by atoms with E-state index in [1.54, 1.807) is 18.5 Å². The molecule has 2 heterocycles. The van der Waals surface area contributed by atoms with E-state index in [1.165, 1.54) is 0 Å². The maximum atomic E-state index is 9.39. The van der Waals surface area contributed by atoms with Gasteiger partial charge in [-0.05, 0) is 37.1 Å². The van der Waals surface area contributed by atoms with Crippen molar-refractivity contribution in [1.82, 2.24) is 9.97 Å². The van der Waals surface area contributed by atoms with Gasteiger partial charge in [0.25, 0.3) is 0 Å². The number of phenols is 1. The van der Waals surface area contributed by atoms with E-state index in [9.17, 15) is 5.11 Å². The van der Waals surface area contributed by atoms with Crippen LogP contribution in [0, 0.1) is 0 Å². The number of rotatable bonds is 2. The Morgan fingerprint density at radius 2 is 1.85 bits per heavy atom. The van der Waals surface area contributed by atoms with Crippen molar-refractivity contribution >= 4 is 5.69 Å². The molecule has 0 aliphatic carbocycles. The van der Waals surface area contributed by atoms with E-state index in [-0.39, 0.29) is 5.75 Å². The highest BCUT2D eigenvalue weighted by molar-refractivity contribution is 5.74. The molecule has 1 saturated heterocycles. The lowest BCUT2D eigenvalue weighted by Gasteiger charge is -2.32. The summed E-state index contributed by atoms with van der Waals surface area (Å²) in [6.45, 7) is 1.86. The van der Waals surface area contributed by atoms with Gasteiger partial charge < -0.3 is 15.7 Å². The number of hydrogen-bond acceptors (Lipinski definition) is 5. The summed E-state index contributed by atoms with van der Waals surface area (Å²) in [5.74, 6) is 0.258. The van der Waals surface area contributed by atoms with Crippen LogP contribution in [0.25, 0.3) is 11.3 Å². The Balaban J connectivity index is 1.94. The van der Waals surface area contributed by atoms with E-state index in [4.69, 9.17) is 5.73 Å². The van der Waals surface area contributed by atoms with Crippen LogP contribution in [0.3, 0.4) is 0 Å². The van der Waals surface area contributed by atoms with E-state index < -0.39 is 0 Å². The van der Waals surface area contributed by atoms with Gasteiger partial charge in [-0.2, -0.15) is 0 Å². The van der Waals surface area contributed by atoms with Crippen molar-refractivity contribution in [2.24, 2.45) is 5.73 Å². The molecule has 104 valence electrons. The van der Waals surface area contributed by atoms with Crippen LogP contribution in [0.1, 0.15) is 12.8 Å². The molecule has 0 saturated carbocycles. The smallest absolute Gasteiger partial charge is 0.116 e. The first kappa shape index (κ1) is 12.9. The van der Waals surface area contributed by atoms with Gasteiger partial charge >= 0.3 is 0 Å². The Morgan fingerprint density at radius 1 is 1.15 bits per heavy atom. The van der Waals surface area contributed by atoms with Gasteiger partial charge in [0.1, 0.15) is 12.1 Å². The van der Waals surface area contributed by atoms with Gasteiger partial charge in [0.2, 0.25) is 0 Å². The Labute approximate surface area is 118 Å². The zero-order valence-electron chi connectivity index (χ0n) is 11.2. The SMILES string of the molecule is NC1CCN(c2cncnc2-c2ccc(O)cc2)CC1. The van der Waals surface area contributed by atoms with E-state index in [0.29, 0.717) is 6.04 Å². The molecule has 3 rings (SSSR count). The fourth-order valence-electron chi connectivity index (χ4n) is 2.54. The van der Waals surface area contributed by atoms with Crippen LogP contribution in [0.4, 0.5) is 5.69 Å². The van der Waals surface area contributed by atoms with E-state index in [2.05, 4.69) is 14.9 Å². The number of aromatic hydroxyl groups is 1. The summed E-state index contributed by atoms with van der Waals surface area (Å²) in [4.78, 5) is 10.8. The number of piperidine rings is 1. The molecule has 0 amide bonds. The number of aromatic nitrogens is 2. The molecule has 5 nitrogen and oxygen atoms in total. The van der Waals surface area contributed by atoms with Gasteiger partial charge in [0.05, 0.1) is 17.6 Å². The summed E-state index contributed by atoms with van der Waals surface area (Å²) < 4.78 is 0. The van der Waals surface area contributed by atoms with Gasteiger partial charge in [-0.3, -0.25) is 0 Å². The molecule has 0 unspecified atom stereocenters. The first-order valence-corrected chi connectivity index (χ1v) is 6.84. The molecule has 3 N–H and O–H groups in total. The monoisotopic (exact) mass is 270 g/mol. The maximum absolute atomic E-state index is 9.39. The Morgan fingerprint density at radius 3 is 2.55 bits per heavy atom. The normalized spacial score (nSPS) is 16.4. The van der Waals surface area contributed by atoms with Gasteiger partial charge in [0, 0.05) is 24.7 Å². The first-order chi connectivity index (χ1) is 9.74. The van der Waals surface area contributed by atoms with Gasteiger partial charge in [-0.25, -0.2) is 9.97 Å². The molecular weight excluding hydrogens is 252 g/mol. The lowest BCUT2D eigenvalue weighted by molar-refractivity contribution is 0.475. The molecule has 2 aromatic rings. The van der Waals surface area contributed by atoms with Crippen LogP contribution in [0.2, 0.25) is 0 Å². The molecule has 1 aromatic heterocycles. The summed E-state index contributed by atoms with van der Waals surface area (Å²) in [5.41, 5.74) is 8.87. The molecule has 1 fully saturated rings. The molecule has 20 heavy (non-hydrogen) atoms. The third-order valence-electron chi connectivity index (χ3n) is 3.71. The summed E-state index contributed by atoms with van der Waals surface area (Å²) in [6.07, 6.45) is 5.39. The minimum atomic E-state index is 0.258. The summed E-state index contributed by atoms with van der Waals surface area (Å²) in [6, 6.07) is 7.39. The molecule has 0 radical (unpaired) electrons. The Kier molecular flexibility index (Phi) is 3.52. The number of benzene rings is 1. The minimum Gasteiger partial charge on any atom is -0.508 e. The number of nitrogens with zero attached hydrogens (tertiary/aromatic N) is 3. The highest BCUT2D eigenvalue weighted by Crippen LogP contribution is 2.30. The highest BCUT2D eigenvalue weighted by atomic mass is 16.3. The van der Waals surface area contributed by atoms with Crippen LogP contribution in [0.15, 0.2) is 36.8 Å². The average molecular weight is 270 g/mol. The van der Waals surface area contributed by atoms with Crippen LogP contribution in [-0.2, 0) is 0 Å². The third-order valence-corrected chi connectivity index (χ3v) is 3.71. The first-order valence-electron chi connectivity index (χ1n) is 6.84. The molecule has 1 aliphatic heterocycles. The number of hydrogen-bond donors (Lipinski definition) is 2. The highest BCUT2D eigenvalue weighted by Gasteiger charge is 2.19. The maximum Gasteiger partial charge on any atom is 0.116 e. The lowest BCUT2D eigenvalue weighted by atomic mass is 10.0. The second-order valence-corrected chi connectivity index (χ2v) is 5.13. The fourth-order valence-corrected chi connectivity index (χ4v) is 2.54. The van der Waals surface area contributed by atoms with E-state index >= 15 is 0 Å². The van der Waals surface area contributed by atoms with Crippen molar-refractivity contribution in [1.29, 1.82) is 0 Å². The van der Waals surface area contributed by atoms with E-state index in [0.717, 1.165) is 42.9 Å². The van der Waals surface area contributed by atoms with Crippen molar-refractivity contribution < 1.29 is 5.11 Å². The molecule has 1 aliphatic rings. The fraction of sp³-hybridized carbons (Fsp3) is 0.333. The molecule has 5 heteroatoms. The summed E-state index contributed by atoms with van der Waals surface area (Å²) >= 11 is 0. The standard InChI is InChI=1S/C15H18N4O/c16-12-5-7-19(8-6-12)14-9-17-10-18-15(14)11-1-3-13(20)4-2-11/h1-4,9-10,12,20H,5-8,16H2. The minimum absolute atomic E-state index is 0.258. The third kappa shape index (κ3) is 2.58. The lowest BCUT2D eigenvalue weighted by Crippen LogP contribution is -2.40. The second kappa shape index (κ2) is 5.46. The van der Waals surface area contributed by atoms with Crippen LogP contribution < -0.4 is 10.6 Å². The molecule has 1 aromatic carbocycles. The van der Waals surface area contributed by atoms with Crippen LogP contribution >= 0.6 is 0 Å². The summed E-state index contributed by atoms with van der Waals surface area (Å²) in [5, 5.41) is 9.39. The number of phenolic OH excluding ortho intramolecular Hbond substituents is 1. The topological polar surface area (TPSA) is 75.3 Å². The van der Waals surface area contributed by atoms with Crippen LogP contribution in [-0.4, -0.2) is 34.2 Å². The summed E-state index contributed by atoms with van der Waals surface area (Å²) in [7, 11) is 0. The molecule has 0 spiro atoms. The van der Waals surface area contributed by atoms with Gasteiger partial charge in [-0.1, -0.05) is 0 Å². The number of anilines is 1. The van der Waals surface area contributed by atoms with Crippen LogP contribution in [0.5, 0.6) is 5.75 Å². The molecular formula is C15H18N4O. The van der Waals surface area contributed by atoms with Crippen molar-refractivity contribution in [3.05, 3.63) is 36.8 Å². The largest absolute Gasteiger partial charge is 0.508 e. The van der Waals surface area contributed by atoms with Crippen molar-refractivity contribution in [2.45, 2.75) is 18.9 Å². The predicted octanol–water partition coefficient (Wildman–Crippen LogP) is 1.78. The second-order valence-electron chi connectivity index (χ2n) is 5.13.